The van der Waals surface area contributed by atoms with Crippen LogP contribution in [-0.2, 0) is 14.3 Å². The summed E-state index contributed by atoms with van der Waals surface area (Å²) < 4.78 is 15.3. The van der Waals surface area contributed by atoms with E-state index in [0.29, 0.717) is 16.9 Å². The zero-order valence-corrected chi connectivity index (χ0v) is 15.7. The van der Waals surface area contributed by atoms with E-state index >= 15 is 0 Å². The summed E-state index contributed by atoms with van der Waals surface area (Å²) in [6.07, 6.45) is -0.352. The van der Waals surface area contributed by atoms with Gasteiger partial charge >= 0.3 is 5.97 Å². The zero-order valence-electron chi connectivity index (χ0n) is 15.7. The van der Waals surface area contributed by atoms with Crippen molar-refractivity contribution in [3.05, 3.63) is 65.2 Å². The quantitative estimate of drug-likeness (QED) is 0.342. The van der Waals surface area contributed by atoms with Crippen molar-refractivity contribution < 1.29 is 23.8 Å². The Labute approximate surface area is 163 Å². The smallest absolute Gasteiger partial charge is 0.343 e. The normalized spacial score (nSPS) is 11.4. The predicted molar refractivity (Wildman–Crippen MR) is 103 cm³/mol. The standard InChI is InChI=1S/C20H23N3O5/c1-26-17(13-7-9-16(10-8-13)28-12-18(24)27-2)11-23-20(25)15-5-3-14(4-6-15)19(21)22/h3-10,17H,11-12H2,1-2H3,(H3,21,22)(H,23,25). The van der Waals surface area contributed by atoms with Crippen LogP contribution in [0.1, 0.15) is 27.6 Å². The molecule has 0 heterocycles. The van der Waals surface area contributed by atoms with E-state index in [1.165, 1.54) is 7.11 Å². The maximum atomic E-state index is 12.3. The molecule has 2 aromatic carbocycles. The summed E-state index contributed by atoms with van der Waals surface area (Å²) in [5.74, 6) is -0.239. The molecule has 8 heteroatoms. The molecule has 148 valence electrons. The first-order chi connectivity index (χ1) is 13.4. The third-order valence-electron chi connectivity index (χ3n) is 4.03. The van der Waals surface area contributed by atoms with Gasteiger partial charge in [0.2, 0.25) is 0 Å². The molecule has 0 spiro atoms. The summed E-state index contributed by atoms with van der Waals surface area (Å²) in [7, 11) is 2.85. The monoisotopic (exact) mass is 385 g/mol. The highest BCUT2D eigenvalue weighted by molar-refractivity contribution is 5.98. The number of amidine groups is 1. The summed E-state index contributed by atoms with van der Waals surface area (Å²) in [5, 5.41) is 10.2. The average molecular weight is 385 g/mol. The van der Waals surface area contributed by atoms with E-state index in [9.17, 15) is 9.59 Å². The fraction of sp³-hybridized carbons (Fsp3) is 0.250. The molecular formula is C20H23N3O5. The Morgan fingerprint density at radius 3 is 2.18 bits per heavy atom. The minimum atomic E-state index is -0.460. The van der Waals surface area contributed by atoms with Crippen LogP contribution in [-0.4, -0.2) is 45.1 Å². The molecule has 0 aromatic heterocycles. The first-order valence-corrected chi connectivity index (χ1v) is 8.49. The van der Waals surface area contributed by atoms with Crippen molar-refractivity contribution in [2.75, 3.05) is 27.4 Å². The van der Waals surface area contributed by atoms with Gasteiger partial charge in [-0.25, -0.2) is 4.79 Å². The SMILES string of the molecule is COC(=O)COc1ccc(C(CNC(=O)c2ccc(C(=N)N)cc2)OC)cc1. The summed E-state index contributed by atoms with van der Waals surface area (Å²) >= 11 is 0. The molecule has 0 fully saturated rings. The maximum absolute atomic E-state index is 12.3. The molecule has 0 aliphatic heterocycles. The number of benzene rings is 2. The van der Waals surface area contributed by atoms with Gasteiger partial charge in [-0.3, -0.25) is 10.2 Å². The lowest BCUT2D eigenvalue weighted by Gasteiger charge is -2.17. The van der Waals surface area contributed by atoms with Crippen LogP contribution in [0.2, 0.25) is 0 Å². The van der Waals surface area contributed by atoms with Gasteiger partial charge in [0, 0.05) is 24.8 Å². The molecule has 1 atom stereocenters. The molecule has 4 N–H and O–H groups in total. The summed E-state index contributed by atoms with van der Waals surface area (Å²) in [4.78, 5) is 23.4. The number of rotatable bonds is 9. The molecule has 2 aromatic rings. The van der Waals surface area contributed by atoms with E-state index in [1.54, 1.807) is 55.6 Å². The van der Waals surface area contributed by atoms with Crippen molar-refractivity contribution in [2.45, 2.75) is 6.10 Å². The van der Waals surface area contributed by atoms with Gasteiger partial charge in [-0.05, 0) is 29.8 Å². The average Bonchev–Trinajstić information content (AvgIpc) is 2.73. The van der Waals surface area contributed by atoms with Crippen LogP contribution < -0.4 is 15.8 Å². The summed E-state index contributed by atoms with van der Waals surface area (Å²) in [6, 6.07) is 13.5. The number of nitrogen functional groups attached to an aromatic ring is 1. The van der Waals surface area contributed by atoms with Crippen LogP contribution in [0.25, 0.3) is 0 Å². The molecule has 8 nitrogen and oxygen atoms in total. The van der Waals surface area contributed by atoms with Crippen molar-refractivity contribution in [3.63, 3.8) is 0 Å². The molecule has 1 unspecified atom stereocenters. The van der Waals surface area contributed by atoms with E-state index in [-0.39, 0.29) is 31.0 Å². The highest BCUT2D eigenvalue weighted by Crippen LogP contribution is 2.20. The number of nitrogens with one attached hydrogen (secondary N) is 2. The van der Waals surface area contributed by atoms with E-state index in [4.69, 9.17) is 20.6 Å². The Balaban J connectivity index is 1.93. The second kappa shape index (κ2) is 10.1. The lowest BCUT2D eigenvalue weighted by molar-refractivity contribution is -0.142. The van der Waals surface area contributed by atoms with Gasteiger partial charge in [0.15, 0.2) is 6.61 Å². The molecule has 0 bridgehead atoms. The number of ether oxygens (including phenoxy) is 3. The van der Waals surface area contributed by atoms with Crippen molar-refractivity contribution in [1.29, 1.82) is 5.41 Å². The Morgan fingerprint density at radius 1 is 1.04 bits per heavy atom. The van der Waals surface area contributed by atoms with Gasteiger partial charge in [0.1, 0.15) is 11.6 Å². The van der Waals surface area contributed by atoms with Crippen molar-refractivity contribution in [1.82, 2.24) is 5.32 Å². The zero-order chi connectivity index (χ0) is 20.5. The Morgan fingerprint density at radius 2 is 1.64 bits per heavy atom. The minimum Gasteiger partial charge on any atom is -0.482 e. The summed E-state index contributed by atoms with van der Waals surface area (Å²) in [5.41, 5.74) is 7.27. The lowest BCUT2D eigenvalue weighted by Crippen LogP contribution is -2.29. The third-order valence-corrected chi connectivity index (χ3v) is 4.03. The van der Waals surface area contributed by atoms with Gasteiger partial charge in [-0.1, -0.05) is 24.3 Å². The minimum absolute atomic E-state index is 0.0505. The fourth-order valence-electron chi connectivity index (χ4n) is 2.41. The Bertz CT molecular complexity index is 819. The first-order valence-electron chi connectivity index (χ1n) is 8.49. The van der Waals surface area contributed by atoms with Gasteiger partial charge in [0.25, 0.3) is 5.91 Å². The molecule has 1 amide bonds. The molecule has 0 aliphatic carbocycles. The Hall–Kier alpha value is -3.39. The van der Waals surface area contributed by atoms with Crippen LogP contribution in [0, 0.1) is 5.41 Å². The van der Waals surface area contributed by atoms with Gasteiger partial charge < -0.3 is 25.3 Å². The van der Waals surface area contributed by atoms with Gasteiger partial charge in [-0.2, -0.15) is 0 Å². The van der Waals surface area contributed by atoms with Crippen molar-refractivity contribution in [2.24, 2.45) is 5.73 Å². The summed E-state index contributed by atoms with van der Waals surface area (Å²) in [6.45, 7) is 0.105. The molecule has 0 radical (unpaired) electrons. The van der Waals surface area contributed by atoms with Crippen LogP contribution in [0.4, 0.5) is 0 Å². The second-order valence-corrected chi connectivity index (χ2v) is 5.86. The number of amides is 1. The van der Waals surface area contributed by atoms with Gasteiger partial charge in [0.05, 0.1) is 13.2 Å². The topological polar surface area (TPSA) is 124 Å². The highest BCUT2D eigenvalue weighted by Gasteiger charge is 2.14. The van der Waals surface area contributed by atoms with E-state index in [2.05, 4.69) is 10.1 Å². The molecule has 2 rings (SSSR count). The van der Waals surface area contributed by atoms with Crippen LogP contribution >= 0.6 is 0 Å². The Kier molecular flexibility index (Phi) is 7.53. The van der Waals surface area contributed by atoms with Crippen molar-refractivity contribution in [3.8, 4) is 5.75 Å². The van der Waals surface area contributed by atoms with Crippen molar-refractivity contribution >= 4 is 17.7 Å². The molecule has 0 saturated heterocycles. The molecule has 0 saturated carbocycles. The van der Waals surface area contributed by atoms with Crippen LogP contribution in [0.15, 0.2) is 48.5 Å². The fourth-order valence-corrected chi connectivity index (χ4v) is 2.41. The highest BCUT2D eigenvalue weighted by atomic mass is 16.6. The number of nitrogens with two attached hydrogens (primary N) is 1. The van der Waals surface area contributed by atoms with E-state index < -0.39 is 5.97 Å². The number of carbonyl (C=O) groups excluding carboxylic acids is 2. The molecule has 28 heavy (non-hydrogen) atoms. The number of hydrogen-bond donors (Lipinski definition) is 3. The van der Waals surface area contributed by atoms with Gasteiger partial charge in [-0.15, -0.1) is 0 Å². The van der Waals surface area contributed by atoms with Crippen LogP contribution in [0.5, 0.6) is 5.75 Å². The largest absolute Gasteiger partial charge is 0.482 e. The number of carbonyl (C=O) groups is 2. The molecular weight excluding hydrogens is 362 g/mol. The molecule has 0 aliphatic rings. The number of hydrogen-bond acceptors (Lipinski definition) is 6. The van der Waals surface area contributed by atoms with E-state index in [1.807, 2.05) is 0 Å². The third kappa shape index (κ3) is 5.82. The first kappa shape index (κ1) is 20.9. The second-order valence-electron chi connectivity index (χ2n) is 5.86. The van der Waals surface area contributed by atoms with Crippen LogP contribution in [0.3, 0.4) is 0 Å². The lowest BCUT2D eigenvalue weighted by atomic mass is 10.1. The number of methoxy groups -OCH3 is 2. The van der Waals surface area contributed by atoms with E-state index in [0.717, 1.165) is 5.56 Å². The number of esters is 1. The predicted octanol–water partition coefficient (Wildman–Crippen LogP) is 1.64. The maximum Gasteiger partial charge on any atom is 0.343 e.